The highest BCUT2D eigenvalue weighted by atomic mass is 16.5. The standard InChI is InChI=1S/C20H28N2O3/c23-12-17-10-14-6-7-18(17)22(11-14)20(24)21-19(16-8-9-25-13-16)15-4-2-1-3-5-15/h1-5,14,16-19,23H,6-13H2,(H,21,24). The Hall–Kier alpha value is -1.59. The number of ether oxygens (including phenoxy) is 1. The molecule has 5 atom stereocenters. The van der Waals surface area contributed by atoms with Gasteiger partial charge in [0.2, 0.25) is 0 Å². The Labute approximate surface area is 149 Å². The molecule has 4 aliphatic rings. The summed E-state index contributed by atoms with van der Waals surface area (Å²) in [7, 11) is 0. The van der Waals surface area contributed by atoms with Crippen molar-refractivity contribution in [3.8, 4) is 0 Å². The molecule has 1 aliphatic carbocycles. The Balaban J connectivity index is 1.50. The molecule has 25 heavy (non-hydrogen) atoms. The zero-order valence-corrected chi connectivity index (χ0v) is 14.6. The number of rotatable bonds is 4. The van der Waals surface area contributed by atoms with E-state index in [1.165, 1.54) is 6.42 Å². The van der Waals surface area contributed by atoms with Crippen molar-refractivity contribution < 1.29 is 14.6 Å². The van der Waals surface area contributed by atoms with E-state index < -0.39 is 0 Å². The minimum absolute atomic E-state index is 0.00997. The van der Waals surface area contributed by atoms with Crippen molar-refractivity contribution in [2.45, 2.75) is 37.8 Å². The molecule has 5 rings (SSSR count). The van der Waals surface area contributed by atoms with Gasteiger partial charge >= 0.3 is 6.03 Å². The van der Waals surface area contributed by atoms with Crippen molar-refractivity contribution in [1.29, 1.82) is 0 Å². The summed E-state index contributed by atoms with van der Waals surface area (Å²) < 4.78 is 5.57. The monoisotopic (exact) mass is 344 g/mol. The van der Waals surface area contributed by atoms with Crippen LogP contribution in [0.15, 0.2) is 30.3 Å². The molecule has 2 N–H and O–H groups in total. The summed E-state index contributed by atoms with van der Waals surface area (Å²) in [4.78, 5) is 15.1. The number of piperidine rings is 2. The molecule has 136 valence electrons. The van der Waals surface area contributed by atoms with Gasteiger partial charge in [-0.25, -0.2) is 4.79 Å². The molecule has 5 unspecified atom stereocenters. The predicted octanol–water partition coefficient (Wildman–Crippen LogP) is 2.57. The number of benzene rings is 1. The number of hydrogen-bond acceptors (Lipinski definition) is 3. The van der Waals surface area contributed by atoms with Crippen LogP contribution in [0.5, 0.6) is 0 Å². The molecule has 4 fully saturated rings. The molecule has 0 spiro atoms. The van der Waals surface area contributed by atoms with Gasteiger partial charge in [0, 0.05) is 37.6 Å². The number of nitrogens with one attached hydrogen (secondary N) is 1. The summed E-state index contributed by atoms with van der Waals surface area (Å²) in [5, 5.41) is 13.0. The molecule has 1 saturated carbocycles. The van der Waals surface area contributed by atoms with Gasteiger partial charge in [0.05, 0.1) is 12.6 Å². The SMILES string of the molecule is O=C(NC(c1ccccc1)C1CCOC1)N1CC2CCC1C(CO)C2. The van der Waals surface area contributed by atoms with Crippen molar-refractivity contribution in [3.05, 3.63) is 35.9 Å². The van der Waals surface area contributed by atoms with E-state index in [2.05, 4.69) is 17.4 Å². The summed E-state index contributed by atoms with van der Waals surface area (Å²) in [6.07, 6.45) is 4.24. The molecule has 1 aromatic rings. The largest absolute Gasteiger partial charge is 0.396 e. The average molecular weight is 344 g/mol. The molecule has 1 aromatic carbocycles. The highest BCUT2D eigenvalue weighted by Gasteiger charge is 2.43. The minimum atomic E-state index is -0.00997. The maximum Gasteiger partial charge on any atom is 0.318 e. The van der Waals surface area contributed by atoms with Gasteiger partial charge < -0.3 is 20.1 Å². The molecule has 5 heteroatoms. The van der Waals surface area contributed by atoms with E-state index in [0.29, 0.717) is 18.4 Å². The van der Waals surface area contributed by atoms with Gasteiger partial charge in [-0.15, -0.1) is 0 Å². The van der Waals surface area contributed by atoms with Gasteiger partial charge in [0.1, 0.15) is 0 Å². The minimum Gasteiger partial charge on any atom is -0.396 e. The van der Waals surface area contributed by atoms with Crippen LogP contribution in [0.4, 0.5) is 4.79 Å². The molecule has 3 aliphatic heterocycles. The molecule has 0 radical (unpaired) electrons. The third kappa shape index (κ3) is 3.40. The van der Waals surface area contributed by atoms with Gasteiger partial charge in [0.25, 0.3) is 0 Å². The Kier molecular flexibility index (Phi) is 4.95. The molecular weight excluding hydrogens is 316 g/mol. The van der Waals surface area contributed by atoms with Crippen LogP contribution in [0.25, 0.3) is 0 Å². The lowest BCUT2D eigenvalue weighted by Crippen LogP contribution is -2.59. The topological polar surface area (TPSA) is 61.8 Å². The second kappa shape index (κ2) is 7.34. The highest BCUT2D eigenvalue weighted by molar-refractivity contribution is 5.75. The Morgan fingerprint density at radius 3 is 2.80 bits per heavy atom. The van der Waals surface area contributed by atoms with Crippen LogP contribution in [0.3, 0.4) is 0 Å². The van der Waals surface area contributed by atoms with Crippen LogP contribution < -0.4 is 5.32 Å². The number of fused-ring (bicyclic) bond motifs is 3. The number of aliphatic hydroxyl groups excluding tert-OH is 1. The first kappa shape index (κ1) is 16.9. The summed E-state index contributed by atoms with van der Waals surface area (Å²) in [6, 6.07) is 10.4. The first-order valence-electron chi connectivity index (χ1n) is 9.57. The maximum absolute atomic E-state index is 13.1. The number of carbonyl (C=O) groups is 1. The number of amides is 2. The zero-order chi connectivity index (χ0) is 17.2. The number of urea groups is 1. The molecular formula is C20H28N2O3. The van der Waals surface area contributed by atoms with E-state index >= 15 is 0 Å². The van der Waals surface area contributed by atoms with E-state index in [1.807, 2.05) is 23.1 Å². The van der Waals surface area contributed by atoms with E-state index in [1.54, 1.807) is 0 Å². The van der Waals surface area contributed by atoms with Gasteiger partial charge in [-0.3, -0.25) is 0 Å². The highest BCUT2D eigenvalue weighted by Crippen LogP contribution is 2.39. The van der Waals surface area contributed by atoms with Crippen LogP contribution in [0.2, 0.25) is 0 Å². The van der Waals surface area contributed by atoms with E-state index in [4.69, 9.17) is 4.74 Å². The second-order valence-electron chi connectivity index (χ2n) is 7.80. The number of aliphatic hydroxyl groups is 1. The lowest BCUT2D eigenvalue weighted by atomic mass is 9.73. The van der Waals surface area contributed by atoms with Crippen LogP contribution in [-0.2, 0) is 4.74 Å². The number of carbonyl (C=O) groups excluding carboxylic acids is 1. The summed E-state index contributed by atoms with van der Waals surface area (Å²) in [5.41, 5.74) is 1.15. The van der Waals surface area contributed by atoms with Gasteiger partial charge in [-0.1, -0.05) is 30.3 Å². The fraction of sp³-hybridized carbons (Fsp3) is 0.650. The van der Waals surface area contributed by atoms with Crippen molar-refractivity contribution >= 4 is 6.03 Å². The third-order valence-corrected chi connectivity index (χ3v) is 6.28. The molecule has 3 saturated heterocycles. The van der Waals surface area contributed by atoms with Crippen molar-refractivity contribution in [1.82, 2.24) is 10.2 Å². The Morgan fingerprint density at radius 2 is 2.12 bits per heavy atom. The van der Waals surface area contributed by atoms with Crippen molar-refractivity contribution in [3.63, 3.8) is 0 Å². The smallest absolute Gasteiger partial charge is 0.318 e. The summed E-state index contributed by atoms with van der Waals surface area (Å²) in [5.74, 6) is 1.10. The number of hydrogen-bond donors (Lipinski definition) is 2. The molecule has 2 amide bonds. The first-order chi connectivity index (χ1) is 12.3. The lowest BCUT2D eigenvalue weighted by Gasteiger charge is -2.49. The van der Waals surface area contributed by atoms with E-state index in [-0.39, 0.29) is 30.6 Å². The maximum atomic E-state index is 13.1. The summed E-state index contributed by atoms with van der Waals surface area (Å²) >= 11 is 0. The summed E-state index contributed by atoms with van der Waals surface area (Å²) in [6.45, 7) is 2.48. The molecule has 0 aromatic heterocycles. The normalized spacial score (nSPS) is 32.6. The fourth-order valence-electron chi connectivity index (χ4n) is 4.93. The third-order valence-electron chi connectivity index (χ3n) is 6.28. The molecule has 3 heterocycles. The predicted molar refractivity (Wildman–Crippen MR) is 95.1 cm³/mol. The van der Waals surface area contributed by atoms with Gasteiger partial charge in [-0.05, 0) is 37.2 Å². The quantitative estimate of drug-likeness (QED) is 0.882. The van der Waals surface area contributed by atoms with Gasteiger partial charge in [0.15, 0.2) is 0 Å². The lowest BCUT2D eigenvalue weighted by molar-refractivity contribution is 0.00270. The fourth-order valence-corrected chi connectivity index (χ4v) is 4.93. The second-order valence-corrected chi connectivity index (χ2v) is 7.80. The van der Waals surface area contributed by atoms with Crippen LogP contribution in [0, 0.1) is 17.8 Å². The zero-order valence-electron chi connectivity index (χ0n) is 14.6. The Morgan fingerprint density at radius 1 is 1.28 bits per heavy atom. The van der Waals surface area contributed by atoms with E-state index in [9.17, 15) is 9.90 Å². The average Bonchev–Trinajstić information content (AvgIpc) is 3.21. The van der Waals surface area contributed by atoms with Crippen LogP contribution in [-0.4, -0.2) is 48.4 Å². The molecule has 5 nitrogen and oxygen atoms in total. The van der Waals surface area contributed by atoms with Crippen molar-refractivity contribution in [2.24, 2.45) is 17.8 Å². The van der Waals surface area contributed by atoms with Gasteiger partial charge in [-0.2, -0.15) is 0 Å². The van der Waals surface area contributed by atoms with E-state index in [0.717, 1.165) is 38.0 Å². The van der Waals surface area contributed by atoms with Crippen LogP contribution in [0.1, 0.15) is 37.3 Å². The Bertz CT molecular complexity index is 588. The first-order valence-corrected chi connectivity index (χ1v) is 9.57. The molecule has 2 bridgehead atoms. The van der Waals surface area contributed by atoms with Crippen LogP contribution >= 0.6 is 0 Å². The number of nitrogens with zero attached hydrogens (tertiary/aromatic N) is 1. The van der Waals surface area contributed by atoms with Crippen molar-refractivity contribution in [2.75, 3.05) is 26.4 Å².